The largest absolute Gasteiger partial charge is 0.368 e. The number of nitrogens with zero attached hydrogens (tertiary/aromatic N) is 5. The highest BCUT2D eigenvalue weighted by Crippen LogP contribution is 2.28. The molecule has 2 aromatic rings. The second-order valence-corrected chi connectivity index (χ2v) is 8.73. The molecule has 166 valence electrons. The summed E-state index contributed by atoms with van der Waals surface area (Å²) in [6.45, 7) is 9.59. The van der Waals surface area contributed by atoms with Crippen molar-refractivity contribution in [3.63, 3.8) is 0 Å². The Balaban J connectivity index is 1.42. The number of amides is 1. The van der Waals surface area contributed by atoms with E-state index in [1.165, 1.54) is 22.7 Å². The molecule has 2 atom stereocenters. The maximum absolute atomic E-state index is 13.8. The third-order valence-electron chi connectivity index (χ3n) is 6.21. The number of ketones is 1. The summed E-state index contributed by atoms with van der Waals surface area (Å²) in [5.74, 6) is -0.157. The van der Waals surface area contributed by atoms with Crippen LogP contribution in [0.4, 0.5) is 14.9 Å². The summed E-state index contributed by atoms with van der Waals surface area (Å²) in [5, 5.41) is 4.10. The van der Waals surface area contributed by atoms with Gasteiger partial charge in [-0.1, -0.05) is 12.1 Å². The van der Waals surface area contributed by atoms with Crippen molar-refractivity contribution >= 4 is 17.5 Å². The first kappa shape index (κ1) is 21.5. The van der Waals surface area contributed by atoms with Crippen molar-refractivity contribution in [2.24, 2.45) is 0 Å². The van der Waals surface area contributed by atoms with Crippen molar-refractivity contribution in [1.82, 2.24) is 19.6 Å². The van der Waals surface area contributed by atoms with Gasteiger partial charge in [0.25, 0.3) is 0 Å². The number of rotatable bonds is 4. The lowest BCUT2D eigenvalue weighted by atomic mass is 10.1. The molecule has 0 spiro atoms. The van der Waals surface area contributed by atoms with Gasteiger partial charge in [0.2, 0.25) is 0 Å². The third-order valence-corrected chi connectivity index (χ3v) is 6.21. The van der Waals surface area contributed by atoms with Crippen LogP contribution in [0.3, 0.4) is 0 Å². The molecule has 1 aromatic carbocycles. The molecule has 0 aliphatic carbocycles. The molecule has 7 nitrogen and oxygen atoms in total. The SMILES string of the molecule is CC(=O)c1ccn(C(=O)N2CCN(Cc3ccc(C)cc3N3CC[C@H](F)C3)C[C@H]2C)n1. The Morgan fingerprint density at radius 2 is 1.97 bits per heavy atom. The summed E-state index contributed by atoms with van der Waals surface area (Å²) >= 11 is 0. The Kier molecular flexibility index (Phi) is 6.09. The number of benzene rings is 1. The summed E-state index contributed by atoms with van der Waals surface area (Å²) in [5.41, 5.74) is 3.79. The third kappa shape index (κ3) is 4.63. The van der Waals surface area contributed by atoms with Crippen molar-refractivity contribution in [2.75, 3.05) is 37.6 Å². The molecule has 0 N–H and O–H groups in total. The summed E-state index contributed by atoms with van der Waals surface area (Å²) in [4.78, 5) is 30.6. The highest BCUT2D eigenvalue weighted by molar-refractivity contribution is 5.92. The van der Waals surface area contributed by atoms with Gasteiger partial charge in [0.05, 0.1) is 0 Å². The van der Waals surface area contributed by atoms with Crippen LogP contribution in [0.15, 0.2) is 30.5 Å². The van der Waals surface area contributed by atoms with Crippen molar-refractivity contribution in [3.05, 3.63) is 47.3 Å². The Morgan fingerprint density at radius 1 is 1.16 bits per heavy atom. The Morgan fingerprint density at radius 3 is 2.61 bits per heavy atom. The van der Waals surface area contributed by atoms with E-state index in [2.05, 4.69) is 40.0 Å². The van der Waals surface area contributed by atoms with Gasteiger partial charge in [0, 0.05) is 64.1 Å². The molecule has 0 saturated carbocycles. The molecule has 4 rings (SSSR count). The van der Waals surface area contributed by atoms with Gasteiger partial charge in [-0.2, -0.15) is 9.78 Å². The zero-order valence-electron chi connectivity index (χ0n) is 18.4. The molecule has 2 aliphatic rings. The molecule has 2 fully saturated rings. The van der Waals surface area contributed by atoms with E-state index >= 15 is 0 Å². The minimum Gasteiger partial charge on any atom is -0.368 e. The molecule has 2 saturated heterocycles. The van der Waals surface area contributed by atoms with Crippen LogP contribution in [0.5, 0.6) is 0 Å². The second-order valence-electron chi connectivity index (χ2n) is 8.73. The lowest BCUT2D eigenvalue weighted by Gasteiger charge is -2.40. The second kappa shape index (κ2) is 8.78. The van der Waals surface area contributed by atoms with E-state index in [4.69, 9.17) is 0 Å². The van der Waals surface area contributed by atoms with Gasteiger partial charge in [0.1, 0.15) is 11.9 Å². The maximum atomic E-state index is 13.8. The predicted octanol–water partition coefficient (Wildman–Crippen LogP) is 3.12. The van der Waals surface area contributed by atoms with Gasteiger partial charge in [-0.25, -0.2) is 9.18 Å². The topological polar surface area (TPSA) is 61.7 Å². The normalized spacial score (nSPS) is 22.2. The average Bonchev–Trinajstić information content (AvgIpc) is 3.38. The minimum atomic E-state index is -0.756. The summed E-state index contributed by atoms with van der Waals surface area (Å²) in [6, 6.07) is 7.78. The number of anilines is 1. The minimum absolute atomic E-state index is 0.0159. The Labute approximate surface area is 182 Å². The number of aryl methyl sites for hydroxylation is 1. The quantitative estimate of drug-likeness (QED) is 0.702. The van der Waals surface area contributed by atoms with Crippen LogP contribution in [-0.4, -0.2) is 76.3 Å². The first-order chi connectivity index (χ1) is 14.8. The van der Waals surface area contributed by atoms with Crippen LogP contribution < -0.4 is 4.90 Å². The number of hydrogen-bond donors (Lipinski definition) is 0. The molecular weight excluding hydrogens is 397 g/mol. The van der Waals surface area contributed by atoms with Crippen LogP contribution >= 0.6 is 0 Å². The molecule has 0 radical (unpaired) electrons. The maximum Gasteiger partial charge on any atom is 0.344 e. The average molecular weight is 428 g/mol. The van der Waals surface area contributed by atoms with Gasteiger partial charge in [0.15, 0.2) is 5.78 Å². The summed E-state index contributed by atoms with van der Waals surface area (Å²) < 4.78 is 15.0. The van der Waals surface area contributed by atoms with Crippen LogP contribution in [0.2, 0.25) is 0 Å². The molecule has 0 unspecified atom stereocenters. The number of alkyl halides is 1. The van der Waals surface area contributed by atoms with Crippen molar-refractivity contribution in [2.45, 2.75) is 46.0 Å². The standard InChI is InChI=1S/C23H30FN5O2/c1-16-4-5-19(22(12-16)27-8-6-20(24)15-27)14-26-10-11-28(17(2)13-26)23(31)29-9-7-21(25-29)18(3)30/h4-5,7,9,12,17,20H,6,8,10-11,13-15H2,1-3H3/t17-,20+/m1/s1. The van der Waals surface area contributed by atoms with Gasteiger partial charge in [-0.05, 0) is 43.5 Å². The molecule has 2 aliphatic heterocycles. The highest BCUT2D eigenvalue weighted by Gasteiger charge is 2.30. The lowest BCUT2D eigenvalue weighted by molar-refractivity contribution is 0.0965. The number of carbonyl (C=O) groups excluding carboxylic acids is 2. The molecule has 31 heavy (non-hydrogen) atoms. The van der Waals surface area contributed by atoms with E-state index in [9.17, 15) is 14.0 Å². The van der Waals surface area contributed by atoms with E-state index in [1.54, 1.807) is 17.2 Å². The van der Waals surface area contributed by atoms with Gasteiger partial charge >= 0.3 is 6.03 Å². The van der Waals surface area contributed by atoms with E-state index in [0.29, 0.717) is 25.2 Å². The van der Waals surface area contributed by atoms with E-state index in [0.717, 1.165) is 31.9 Å². The van der Waals surface area contributed by atoms with Gasteiger partial charge in [-0.15, -0.1) is 0 Å². The van der Waals surface area contributed by atoms with Crippen LogP contribution in [-0.2, 0) is 6.54 Å². The Hall–Kier alpha value is -2.74. The molecular formula is C23H30FN5O2. The molecule has 3 heterocycles. The number of hydrogen-bond acceptors (Lipinski definition) is 5. The van der Waals surface area contributed by atoms with Crippen LogP contribution in [0.25, 0.3) is 0 Å². The van der Waals surface area contributed by atoms with E-state index < -0.39 is 6.17 Å². The summed E-state index contributed by atoms with van der Waals surface area (Å²) in [6.07, 6.45) is 1.38. The van der Waals surface area contributed by atoms with E-state index in [-0.39, 0.29) is 17.9 Å². The fourth-order valence-corrected chi connectivity index (χ4v) is 4.49. The van der Waals surface area contributed by atoms with Crippen molar-refractivity contribution in [1.29, 1.82) is 0 Å². The number of Topliss-reactive ketones (excluding diaryl/α,β-unsaturated/α-hetero) is 1. The van der Waals surface area contributed by atoms with Crippen molar-refractivity contribution in [3.8, 4) is 0 Å². The zero-order chi connectivity index (χ0) is 22.1. The zero-order valence-corrected chi connectivity index (χ0v) is 18.4. The lowest BCUT2D eigenvalue weighted by Crippen LogP contribution is -2.54. The van der Waals surface area contributed by atoms with Crippen molar-refractivity contribution < 1.29 is 14.0 Å². The molecule has 1 aromatic heterocycles. The summed E-state index contributed by atoms with van der Waals surface area (Å²) in [7, 11) is 0. The van der Waals surface area contributed by atoms with Crippen LogP contribution in [0, 0.1) is 6.92 Å². The number of piperazine rings is 1. The first-order valence-electron chi connectivity index (χ1n) is 10.9. The highest BCUT2D eigenvalue weighted by atomic mass is 19.1. The Bertz CT molecular complexity index is 975. The molecule has 8 heteroatoms. The van der Waals surface area contributed by atoms with Gasteiger partial charge < -0.3 is 9.80 Å². The molecule has 1 amide bonds. The fraction of sp³-hybridized carbons (Fsp3) is 0.522. The van der Waals surface area contributed by atoms with E-state index in [1.807, 2.05) is 6.92 Å². The predicted molar refractivity (Wildman–Crippen MR) is 117 cm³/mol. The number of carbonyl (C=O) groups is 2. The number of aromatic nitrogens is 2. The first-order valence-corrected chi connectivity index (χ1v) is 10.9. The van der Waals surface area contributed by atoms with Gasteiger partial charge in [-0.3, -0.25) is 9.69 Å². The number of halogens is 1. The smallest absolute Gasteiger partial charge is 0.344 e. The monoisotopic (exact) mass is 427 g/mol. The van der Waals surface area contributed by atoms with Crippen LogP contribution in [0.1, 0.15) is 41.9 Å². The molecule has 0 bridgehead atoms. The fourth-order valence-electron chi connectivity index (χ4n) is 4.49.